The molecule has 1 aliphatic heterocycles. The number of nitrogens with zero attached hydrogens (tertiary/aromatic N) is 4. The maximum absolute atomic E-state index is 5.09. The monoisotopic (exact) mass is 745 g/mol. The number of anilines is 2. The smallest absolute Gasteiger partial charge is 0.129 e. The molecule has 0 amide bonds. The predicted molar refractivity (Wildman–Crippen MR) is 178 cm³/mol. The molecular formula is C38H36AuN4-2. The van der Waals surface area contributed by atoms with Crippen LogP contribution in [-0.2, 0) is 22.4 Å². The van der Waals surface area contributed by atoms with E-state index in [-0.39, 0.29) is 22.4 Å². The van der Waals surface area contributed by atoms with Crippen LogP contribution < -0.4 is 14.9 Å². The van der Waals surface area contributed by atoms with Crippen LogP contribution in [0, 0.1) is 6.67 Å². The van der Waals surface area contributed by atoms with Crippen molar-refractivity contribution >= 4 is 39.0 Å². The second-order valence-electron chi connectivity index (χ2n) is 11.2. The summed E-state index contributed by atoms with van der Waals surface area (Å²) in [5.74, 6) is 1.77. The number of rotatable bonds is 5. The van der Waals surface area contributed by atoms with Gasteiger partial charge in [-0.05, 0) is 45.9 Å². The van der Waals surface area contributed by atoms with Crippen LogP contribution in [0.4, 0.5) is 11.4 Å². The van der Waals surface area contributed by atoms with Gasteiger partial charge in [-0.3, -0.25) is 0 Å². The molecule has 2 heterocycles. The van der Waals surface area contributed by atoms with E-state index >= 15 is 0 Å². The van der Waals surface area contributed by atoms with Gasteiger partial charge >= 0.3 is 0 Å². The van der Waals surface area contributed by atoms with E-state index in [4.69, 9.17) is 5.10 Å². The summed E-state index contributed by atoms with van der Waals surface area (Å²) in [5.41, 5.74) is 8.21. The van der Waals surface area contributed by atoms with E-state index in [1.165, 1.54) is 27.6 Å². The SMILES string of the molecule is CC(C)c1cccc(C(C)C)c1N1[CH-]N(c2ccccc2)C(c2ccccc2)=N1.[Au].c1ccc2c(c1)[n-]c1ccccc12. The van der Waals surface area contributed by atoms with E-state index < -0.39 is 0 Å². The molecule has 43 heavy (non-hydrogen) atoms. The average Bonchev–Trinajstić information content (AvgIpc) is 3.64. The molecule has 7 rings (SSSR count). The molecule has 1 radical (unpaired) electrons. The van der Waals surface area contributed by atoms with E-state index in [0.29, 0.717) is 11.8 Å². The summed E-state index contributed by atoms with van der Waals surface area (Å²) < 4.78 is 0. The van der Waals surface area contributed by atoms with E-state index in [9.17, 15) is 0 Å². The first kappa shape index (κ1) is 30.4. The Hall–Kier alpha value is -4.09. The molecule has 0 saturated heterocycles. The molecule has 4 nitrogen and oxygen atoms in total. The van der Waals surface area contributed by atoms with Crippen molar-refractivity contribution in [2.75, 3.05) is 9.91 Å². The maximum Gasteiger partial charge on any atom is 0.129 e. The molecule has 0 atom stereocenters. The minimum atomic E-state index is 0. The topological polar surface area (TPSA) is 32.9 Å². The fourth-order valence-electron chi connectivity index (χ4n) is 5.51. The summed E-state index contributed by atoms with van der Waals surface area (Å²) in [5, 5.41) is 9.66. The maximum atomic E-state index is 5.09. The molecule has 1 aliphatic rings. The van der Waals surface area contributed by atoms with Gasteiger partial charge in [0.2, 0.25) is 0 Å². The number of benzene rings is 5. The van der Waals surface area contributed by atoms with Gasteiger partial charge in [0.05, 0.1) is 0 Å². The molecule has 6 aromatic rings. The molecule has 0 bridgehead atoms. The van der Waals surface area contributed by atoms with E-state index in [2.05, 4.69) is 152 Å². The number of hydrazone groups is 1. The van der Waals surface area contributed by atoms with Crippen molar-refractivity contribution in [2.45, 2.75) is 39.5 Å². The van der Waals surface area contributed by atoms with Crippen LogP contribution in [0.25, 0.3) is 21.8 Å². The number of fused-ring (bicyclic) bond motifs is 3. The quantitative estimate of drug-likeness (QED) is 0.130. The van der Waals surface area contributed by atoms with Crippen molar-refractivity contribution in [3.63, 3.8) is 0 Å². The van der Waals surface area contributed by atoms with Gasteiger partial charge in [0.1, 0.15) is 5.84 Å². The summed E-state index contributed by atoms with van der Waals surface area (Å²) in [6, 6.07) is 43.9. The first-order valence-electron chi connectivity index (χ1n) is 14.7. The fourth-order valence-corrected chi connectivity index (χ4v) is 5.51. The third-order valence-corrected chi connectivity index (χ3v) is 7.63. The van der Waals surface area contributed by atoms with Crippen LogP contribution in [0.15, 0.2) is 132 Å². The molecule has 0 aliphatic carbocycles. The van der Waals surface area contributed by atoms with Crippen LogP contribution in [-0.4, -0.2) is 5.84 Å². The molecule has 221 valence electrons. The fraction of sp³-hybridized carbons (Fsp3) is 0.158. The van der Waals surface area contributed by atoms with Crippen LogP contribution >= 0.6 is 0 Å². The van der Waals surface area contributed by atoms with Gasteiger partial charge in [-0.1, -0.05) is 143 Å². The molecule has 0 saturated carbocycles. The molecule has 5 heteroatoms. The molecule has 0 spiro atoms. The third kappa shape index (κ3) is 6.33. The Balaban J connectivity index is 0.000000218. The Morgan fingerprint density at radius 2 is 1.07 bits per heavy atom. The minimum absolute atomic E-state index is 0. The number of amidine groups is 1. The summed E-state index contributed by atoms with van der Waals surface area (Å²) >= 11 is 0. The molecule has 1 aromatic heterocycles. The summed E-state index contributed by atoms with van der Waals surface area (Å²) in [6.45, 7) is 11.1. The van der Waals surface area contributed by atoms with Crippen molar-refractivity contribution in [2.24, 2.45) is 5.10 Å². The second kappa shape index (κ2) is 13.5. The van der Waals surface area contributed by atoms with E-state index in [0.717, 1.165) is 28.1 Å². The second-order valence-corrected chi connectivity index (χ2v) is 11.2. The van der Waals surface area contributed by atoms with Crippen molar-refractivity contribution < 1.29 is 22.4 Å². The number of hydrogen-bond donors (Lipinski definition) is 0. The van der Waals surface area contributed by atoms with Crippen LogP contribution in [0.2, 0.25) is 0 Å². The molecule has 0 N–H and O–H groups in total. The minimum Gasteiger partial charge on any atom is -0.657 e. The van der Waals surface area contributed by atoms with Crippen LogP contribution in [0.1, 0.15) is 56.2 Å². The van der Waals surface area contributed by atoms with E-state index in [1.807, 2.05) is 24.3 Å². The van der Waals surface area contributed by atoms with Gasteiger partial charge in [-0.2, -0.15) is 5.10 Å². The first-order valence-corrected chi connectivity index (χ1v) is 14.7. The third-order valence-electron chi connectivity index (χ3n) is 7.63. The molecule has 5 aromatic carbocycles. The normalized spacial score (nSPS) is 12.8. The average molecular weight is 746 g/mol. The zero-order valence-electron chi connectivity index (χ0n) is 24.9. The number of para-hydroxylation sites is 4. The van der Waals surface area contributed by atoms with Gasteiger partial charge in [0, 0.05) is 39.3 Å². The zero-order chi connectivity index (χ0) is 29.1. The van der Waals surface area contributed by atoms with Gasteiger partial charge in [0.25, 0.3) is 0 Å². The van der Waals surface area contributed by atoms with Gasteiger partial charge in [-0.15, -0.1) is 17.7 Å². The number of aromatic nitrogens is 1. The van der Waals surface area contributed by atoms with Crippen molar-refractivity contribution in [3.05, 3.63) is 151 Å². The summed E-state index contributed by atoms with van der Waals surface area (Å²) in [7, 11) is 0. The Morgan fingerprint density at radius 1 is 0.581 bits per heavy atom. The predicted octanol–water partition coefficient (Wildman–Crippen LogP) is 9.69. The zero-order valence-corrected chi connectivity index (χ0v) is 27.1. The van der Waals surface area contributed by atoms with Gasteiger partial charge in [-0.25, -0.2) is 0 Å². The van der Waals surface area contributed by atoms with E-state index in [1.54, 1.807) is 0 Å². The Labute approximate surface area is 270 Å². The van der Waals surface area contributed by atoms with Gasteiger partial charge < -0.3 is 14.9 Å². The molecular weight excluding hydrogens is 709 g/mol. The van der Waals surface area contributed by atoms with Crippen molar-refractivity contribution in [1.82, 2.24) is 4.98 Å². The largest absolute Gasteiger partial charge is 0.657 e. The molecule has 0 unspecified atom stereocenters. The molecule has 0 fully saturated rings. The van der Waals surface area contributed by atoms with Crippen molar-refractivity contribution in [1.29, 1.82) is 0 Å². The standard InChI is InChI=1S/C26H28N3.C12H8N.Au/c1-19(2)23-16-11-17-24(20(3)4)25(23)29-18-28(22-14-9-6-10-15-22)26(27-29)21-12-7-5-8-13-21;1-3-7-11-9(5-1)10-6-2-4-8-12(10)13-11;/h5-20H,1-4H3;1-8H;/q2*-1;. The Kier molecular flexibility index (Phi) is 9.52. The summed E-state index contributed by atoms with van der Waals surface area (Å²) in [4.78, 5) is 6.69. The first-order chi connectivity index (χ1) is 20.5. The Morgan fingerprint density at radius 3 is 1.60 bits per heavy atom. The van der Waals surface area contributed by atoms with Gasteiger partial charge in [0.15, 0.2) is 0 Å². The summed E-state index contributed by atoms with van der Waals surface area (Å²) in [6.07, 6.45) is 0. The van der Waals surface area contributed by atoms with Crippen molar-refractivity contribution in [3.8, 4) is 0 Å². The number of hydrogen-bond acceptors (Lipinski definition) is 3. The Bertz CT molecular complexity index is 1750. The van der Waals surface area contributed by atoms with Crippen LogP contribution in [0.5, 0.6) is 0 Å². The van der Waals surface area contributed by atoms with Crippen LogP contribution in [0.3, 0.4) is 0 Å².